The zero-order chi connectivity index (χ0) is 27.7. The first kappa shape index (κ1) is 26.9. The van der Waals surface area contributed by atoms with E-state index in [1.165, 1.54) is 12.1 Å². The molecular weight excluding hydrogens is 495 g/mol. The molecule has 0 aromatic heterocycles. The number of hydrogen-bond donors (Lipinski definition) is 1. The van der Waals surface area contributed by atoms with Crippen LogP contribution >= 0.6 is 0 Å². The van der Waals surface area contributed by atoms with Gasteiger partial charge in [0.25, 0.3) is 0 Å². The summed E-state index contributed by atoms with van der Waals surface area (Å²) < 4.78 is 25.3. The molecule has 0 radical (unpaired) electrons. The number of fused-ring (bicyclic) bond motifs is 1. The molecule has 3 aromatic carbocycles. The van der Waals surface area contributed by atoms with Crippen molar-refractivity contribution in [1.29, 1.82) is 0 Å². The number of piperazine rings is 1. The topological polar surface area (TPSA) is 62.2 Å². The number of aryl methyl sites for hydroxylation is 1. The van der Waals surface area contributed by atoms with E-state index in [2.05, 4.69) is 23.1 Å². The number of ether oxygens (including phenoxy) is 2. The van der Waals surface area contributed by atoms with Crippen molar-refractivity contribution in [2.45, 2.75) is 51.0 Å². The van der Waals surface area contributed by atoms with Crippen molar-refractivity contribution in [2.75, 3.05) is 38.2 Å². The SMILES string of the molecule is COc1cc(N2CCN(C(=O)OC(C)(C)C)CC2)ccc1C1c2ccc(O)cc2CCC1c1ccc(F)cc1. The van der Waals surface area contributed by atoms with Crippen molar-refractivity contribution >= 4 is 11.8 Å². The molecule has 1 heterocycles. The van der Waals surface area contributed by atoms with E-state index in [-0.39, 0.29) is 29.5 Å². The third-order valence-corrected chi connectivity index (χ3v) is 7.74. The van der Waals surface area contributed by atoms with Gasteiger partial charge in [0.2, 0.25) is 0 Å². The van der Waals surface area contributed by atoms with Gasteiger partial charge in [-0.25, -0.2) is 9.18 Å². The van der Waals surface area contributed by atoms with Gasteiger partial charge in [-0.2, -0.15) is 0 Å². The molecule has 2 unspecified atom stereocenters. The van der Waals surface area contributed by atoms with Gasteiger partial charge in [0, 0.05) is 49.4 Å². The van der Waals surface area contributed by atoms with Crippen LogP contribution in [0.2, 0.25) is 0 Å². The lowest BCUT2D eigenvalue weighted by Crippen LogP contribution is -2.50. The van der Waals surface area contributed by atoms with E-state index in [0.717, 1.165) is 46.5 Å². The number of anilines is 1. The largest absolute Gasteiger partial charge is 0.508 e. The highest BCUT2D eigenvalue weighted by atomic mass is 19.1. The number of aromatic hydroxyl groups is 1. The maximum Gasteiger partial charge on any atom is 0.410 e. The zero-order valence-electron chi connectivity index (χ0n) is 23.1. The van der Waals surface area contributed by atoms with Crippen LogP contribution in [0.15, 0.2) is 60.7 Å². The van der Waals surface area contributed by atoms with Crippen LogP contribution in [0.25, 0.3) is 0 Å². The minimum Gasteiger partial charge on any atom is -0.508 e. The van der Waals surface area contributed by atoms with E-state index in [1.54, 1.807) is 18.1 Å². The molecule has 3 aromatic rings. The zero-order valence-corrected chi connectivity index (χ0v) is 23.1. The Labute approximate surface area is 230 Å². The summed E-state index contributed by atoms with van der Waals surface area (Å²) in [6.45, 7) is 8.21. The molecule has 0 bridgehead atoms. The summed E-state index contributed by atoms with van der Waals surface area (Å²) in [5.41, 5.74) is 4.96. The van der Waals surface area contributed by atoms with Crippen molar-refractivity contribution in [2.24, 2.45) is 0 Å². The first-order valence-corrected chi connectivity index (χ1v) is 13.6. The smallest absolute Gasteiger partial charge is 0.410 e. The number of halogens is 1. The lowest BCUT2D eigenvalue weighted by atomic mass is 9.69. The van der Waals surface area contributed by atoms with Crippen molar-refractivity contribution in [3.8, 4) is 11.5 Å². The number of methoxy groups -OCH3 is 1. The van der Waals surface area contributed by atoms with Crippen molar-refractivity contribution in [1.82, 2.24) is 4.90 Å². The quantitative estimate of drug-likeness (QED) is 0.418. The fraction of sp³-hybridized carbons (Fsp3) is 0.406. The summed E-state index contributed by atoms with van der Waals surface area (Å²) in [7, 11) is 1.69. The van der Waals surface area contributed by atoms with Crippen LogP contribution in [0.1, 0.15) is 61.3 Å². The number of carbonyl (C=O) groups is 1. The molecule has 1 aliphatic carbocycles. The average molecular weight is 533 g/mol. The Kier molecular flexibility index (Phi) is 7.43. The van der Waals surface area contributed by atoms with Crippen LogP contribution in [-0.2, 0) is 11.2 Å². The number of carbonyl (C=O) groups excluding carboxylic acids is 1. The summed E-state index contributed by atoms with van der Waals surface area (Å²) in [6, 6.07) is 18.7. The van der Waals surface area contributed by atoms with Crippen molar-refractivity contribution < 1.29 is 23.8 Å². The number of phenolic OH excluding ortho intramolecular Hbond substituents is 1. The van der Waals surface area contributed by atoms with Crippen LogP contribution in [0.5, 0.6) is 11.5 Å². The summed E-state index contributed by atoms with van der Waals surface area (Å²) in [6.07, 6.45) is 1.44. The molecule has 6 nitrogen and oxygen atoms in total. The Hall–Kier alpha value is -3.74. The Morgan fingerprint density at radius 3 is 2.31 bits per heavy atom. The molecule has 1 saturated heterocycles. The van der Waals surface area contributed by atoms with Gasteiger partial charge in [-0.15, -0.1) is 0 Å². The molecule has 39 heavy (non-hydrogen) atoms. The molecule has 1 amide bonds. The van der Waals surface area contributed by atoms with Gasteiger partial charge >= 0.3 is 6.09 Å². The van der Waals surface area contributed by atoms with E-state index in [4.69, 9.17) is 9.47 Å². The third kappa shape index (κ3) is 5.82. The van der Waals surface area contributed by atoms with E-state index in [1.807, 2.05) is 45.0 Å². The van der Waals surface area contributed by atoms with Gasteiger partial charge < -0.3 is 24.4 Å². The Morgan fingerprint density at radius 2 is 1.64 bits per heavy atom. The van der Waals surface area contributed by atoms with Crippen LogP contribution in [0, 0.1) is 5.82 Å². The van der Waals surface area contributed by atoms with Crippen LogP contribution in [0.3, 0.4) is 0 Å². The van der Waals surface area contributed by atoms with Gasteiger partial charge in [0.1, 0.15) is 22.9 Å². The van der Waals surface area contributed by atoms with Crippen molar-refractivity contribution in [3.63, 3.8) is 0 Å². The Bertz CT molecular complexity index is 1330. The second kappa shape index (κ2) is 10.8. The molecule has 1 aliphatic heterocycles. The monoisotopic (exact) mass is 532 g/mol. The van der Waals surface area contributed by atoms with Crippen LogP contribution < -0.4 is 9.64 Å². The molecular formula is C32H37FN2O4. The second-order valence-electron chi connectivity index (χ2n) is 11.4. The highest BCUT2D eigenvalue weighted by Crippen LogP contribution is 2.49. The molecule has 5 rings (SSSR count). The van der Waals surface area contributed by atoms with E-state index in [9.17, 15) is 14.3 Å². The molecule has 1 N–H and O–H groups in total. The van der Waals surface area contributed by atoms with E-state index < -0.39 is 5.60 Å². The summed E-state index contributed by atoms with van der Waals surface area (Å²) in [5.74, 6) is 0.943. The molecule has 7 heteroatoms. The number of rotatable bonds is 4. The van der Waals surface area contributed by atoms with Crippen LogP contribution in [-0.4, -0.2) is 55.0 Å². The van der Waals surface area contributed by atoms with E-state index >= 15 is 0 Å². The van der Waals surface area contributed by atoms with Gasteiger partial charge in [0.15, 0.2) is 0 Å². The Morgan fingerprint density at radius 1 is 0.949 bits per heavy atom. The maximum atomic E-state index is 13.8. The molecule has 206 valence electrons. The average Bonchev–Trinajstić information content (AvgIpc) is 2.91. The number of phenols is 1. The van der Waals surface area contributed by atoms with E-state index in [0.29, 0.717) is 26.2 Å². The molecule has 0 saturated carbocycles. The lowest BCUT2D eigenvalue weighted by Gasteiger charge is -2.38. The third-order valence-electron chi connectivity index (χ3n) is 7.74. The fourth-order valence-electron chi connectivity index (χ4n) is 5.89. The predicted octanol–water partition coefficient (Wildman–Crippen LogP) is 6.46. The minimum atomic E-state index is -0.514. The Balaban J connectivity index is 1.43. The fourth-order valence-corrected chi connectivity index (χ4v) is 5.89. The summed E-state index contributed by atoms with van der Waals surface area (Å²) in [4.78, 5) is 16.5. The molecule has 0 spiro atoms. The first-order valence-electron chi connectivity index (χ1n) is 13.6. The summed E-state index contributed by atoms with van der Waals surface area (Å²) in [5, 5.41) is 10.1. The highest BCUT2D eigenvalue weighted by molar-refractivity contribution is 5.69. The highest BCUT2D eigenvalue weighted by Gasteiger charge is 2.34. The lowest BCUT2D eigenvalue weighted by molar-refractivity contribution is 0.0240. The van der Waals surface area contributed by atoms with Gasteiger partial charge in [-0.1, -0.05) is 24.3 Å². The van der Waals surface area contributed by atoms with Crippen LogP contribution in [0.4, 0.5) is 14.9 Å². The normalized spacial score (nSPS) is 19.4. The number of nitrogens with zero attached hydrogens (tertiary/aromatic N) is 2. The predicted molar refractivity (Wildman–Crippen MR) is 150 cm³/mol. The van der Waals surface area contributed by atoms with Crippen molar-refractivity contribution in [3.05, 3.63) is 88.7 Å². The minimum absolute atomic E-state index is 0.00664. The van der Waals surface area contributed by atoms with Gasteiger partial charge in [-0.3, -0.25) is 0 Å². The molecule has 1 fully saturated rings. The number of amides is 1. The first-order chi connectivity index (χ1) is 18.6. The second-order valence-corrected chi connectivity index (χ2v) is 11.4. The molecule has 2 atom stereocenters. The number of hydrogen-bond acceptors (Lipinski definition) is 5. The standard InChI is InChI=1S/C32H37FN2O4/c1-32(2,3)39-31(37)35-17-15-34(16-18-35)24-10-13-28(29(20-24)38-4)30-26(21-5-8-23(33)9-6-21)12-7-22-19-25(36)11-14-27(22)30/h5-6,8-11,13-14,19-20,26,30,36H,7,12,15-18H2,1-4H3. The number of benzene rings is 3. The summed E-state index contributed by atoms with van der Waals surface area (Å²) >= 11 is 0. The molecule has 2 aliphatic rings. The van der Waals surface area contributed by atoms with Gasteiger partial charge in [0.05, 0.1) is 7.11 Å². The maximum absolute atomic E-state index is 13.8. The van der Waals surface area contributed by atoms with Gasteiger partial charge in [-0.05, 0) is 86.6 Å².